The summed E-state index contributed by atoms with van der Waals surface area (Å²) in [5, 5.41) is 97.4. The van der Waals surface area contributed by atoms with Crippen molar-refractivity contribution in [2.24, 2.45) is 0 Å². The Morgan fingerprint density at radius 1 is 0.195 bits per heavy atom. The molecule has 0 aliphatic heterocycles. The lowest BCUT2D eigenvalue weighted by Gasteiger charge is -2.15. The second-order valence-electron chi connectivity index (χ2n) is 25.4. The molecule has 10 aromatic rings. The van der Waals surface area contributed by atoms with Gasteiger partial charge in [-0.1, -0.05) is 0 Å². The van der Waals surface area contributed by atoms with Crippen molar-refractivity contribution < 1.29 is 160 Å². The molecule has 618 valence electrons. The minimum absolute atomic E-state index is 0.0629. The number of ether oxygens (including phenoxy) is 4. The molecular formula is C82H52N8O33. The molecule has 0 aliphatic carbocycles. The highest BCUT2D eigenvalue weighted by atomic mass is 16.5. The summed E-state index contributed by atoms with van der Waals surface area (Å²) in [5.74, 6) is -25.7. The van der Waals surface area contributed by atoms with Gasteiger partial charge in [-0.15, -0.1) is 0 Å². The molecule has 10 rings (SSSR count). The fourth-order valence-corrected chi connectivity index (χ4v) is 11.5. The fraction of sp³-hybridized carbons (Fsp3) is 0.0122. The number of carbonyl (C=O) groups is 21. The smallest absolute Gasteiger partial charge is 0.335 e. The third kappa shape index (κ3) is 22.4. The van der Waals surface area contributed by atoms with E-state index in [2.05, 4.69) is 42.5 Å². The lowest BCUT2D eigenvalue weighted by molar-refractivity contribution is -0.121. The number of carboxylic acids is 8. The standard InChI is InChI=1S/C82H52N8O33/c91-32-120-62-24-50(79(112)113)20-58(28-62)87-67(96)38-1-36(2-39(6-38)68(97)88-59-21-51(80(114)115)25-63(29-59)121-33-92)3-66(95)37-4-40(69(98)83-54-12-42(71(100)85-56-16-46(75(104)105)10-47(17-56)76(106)107)8-44(14-54)73(102)89-60-22-52(81(116)117)26-64(30-60)122-34-93)7-41(5-37)70(99)84-55-13-43(72(101)86-57-18-48(77(108)109)11-49(19-57)78(110)111)9-45(15-55)74(103)90-61-23-53(82(118)119)27-65(31-61)123-35-94/h1-2,4-35H,3H2,(H,83,98)(H,84,99)(H,85,100)(H,86,101)(H,87,96)(H,88,97)(H,89,102)(H,90,103)(H,104,105)(H,106,107)(H,108,109)(H,110,111)(H,112,113)(H,114,115)(H,116,117)(H,118,119). The molecular weight excluding hydrogens is 1620 g/mol. The maximum absolute atomic E-state index is 15.3. The minimum atomic E-state index is -1.65. The maximum atomic E-state index is 15.3. The van der Waals surface area contributed by atoms with Crippen molar-refractivity contribution >= 4 is 172 Å². The lowest BCUT2D eigenvalue weighted by atomic mass is 9.95. The van der Waals surface area contributed by atoms with Crippen molar-refractivity contribution in [3.05, 3.63) is 282 Å². The summed E-state index contributed by atoms with van der Waals surface area (Å²) in [4.78, 5) is 274. The van der Waals surface area contributed by atoms with Crippen LogP contribution in [-0.4, -0.2) is 168 Å². The average molecular weight is 1680 g/mol. The minimum Gasteiger partial charge on any atom is -0.478 e. The topological polar surface area (TPSA) is 653 Å². The number of carboxylic acid groups (broad SMARTS) is 8. The number of rotatable bonds is 35. The van der Waals surface area contributed by atoms with E-state index in [0.717, 1.165) is 182 Å². The third-order valence-corrected chi connectivity index (χ3v) is 16.8. The zero-order chi connectivity index (χ0) is 89.4. The molecule has 0 radical (unpaired) electrons. The molecule has 123 heavy (non-hydrogen) atoms. The first-order valence-corrected chi connectivity index (χ1v) is 34.2. The molecule has 0 aromatic heterocycles. The van der Waals surface area contributed by atoms with Crippen LogP contribution in [0.1, 0.15) is 182 Å². The van der Waals surface area contributed by atoms with Gasteiger partial charge < -0.3 is 102 Å². The Hall–Kier alpha value is -18.7. The van der Waals surface area contributed by atoms with E-state index in [1.807, 2.05) is 0 Å². The lowest BCUT2D eigenvalue weighted by Crippen LogP contribution is -2.21. The number of aromatic carboxylic acids is 8. The quantitative estimate of drug-likeness (QED) is 0.0130. The molecule has 10 aromatic carbocycles. The number of nitrogens with one attached hydrogen (secondary N) is 8. The predicted molar refractivity (Wildman–Crippen MR) is 419 cm³/mol. The van der Waals surface area contributed by atoms with Crippen molar-refractivity contribution in [3.8, 4) is 23.0 Å². The Morgan fingerprint density at radius 3 is 0.528 bits per heavy atom. The van der Waals surface area contributed by atoms with E-state index >= 15 is 14.4 Å². The molecule has 0 spiro atoms. The van der Waals surface area contributed by atoms with Crippen molar-refractivity contribution in [1.29, 1.82) is 0 Å². The van der Waals surface area contributed by atoms with Gasteiger partial charge in [0.1, 0.15) is 23.0 Å². The largest absolute Gasteiger partial charge is 0.478 e. The highest BCUT2D eigenvalue weighted by Crippen LogP contribution is 2.31. The highest BCUT2D eigenvalue weighted by Gasteiger charge is 2.27. The summed E-state index contributed by atoms with van der Waals surface area (Å²) >= 11 is 0. The SMILES string of the molecule is O=COc1cc(NC(=O)c2cc(CC(=O)c3cc(C(=O)Nc4cc(C(=O)Nc5cc(OC=O)cc(C(=O)O)c5)cc(C(=O)Nc5cc(C(=O)O)cc(C(=O)O)c5)c4)cc(C(=O)Nc4cc(C(=O)Nc5cc(OC=O)cc(C(=O)O)c5)cc(C(=O)Nc5cc(C(=O)O)cc(C(=O)O)c5)c4)c3)cc(C(=O)Nc3cc(OC=O)cc(C(=O)O)c3)c2)cc(C(=O)O)c1. The number of hydrogen-bond donors (Lipinski definition) is 16. The average Bonchev–Trinajstić information content (AvgIpc) is 0.795. The van der Waals surface area contributed by atoms with Gasteiger partial charge in [0.15, 0.2) is 5.78 Å². The van der Waals surface area contributed by atoms with E-state index in [1.165, 1.54) is 0 Å². The second-order valence-corrected chi connectivity index (χ2v) is 25.4. The Balaban J connectivity index is 1.12. The van der Waals surface area contributed by atoms with Crippen molar-refractivity contribution in [2.45, 2.75) is 6.42 Å². The molecule has 0 heterocycles. The molecule has 0 atom stereocenters. The summed E-state index contributed by atoms with van der Waals surface area (Å²) in [6.45, 7) is -0.272. The van der Waals surface area contributed by atoms with Gasteiger partial charge in [0.05, 0.1) is 44.5 Å². The third-order valence-electron chi connectivity index (χ3n) is 16.8. The van der Waals surface area contributed by atoms with E-state index in [-0.39, 0.29) is 54.2 Å². The van der Waals surface area contributed by atoms with E-state index in [4.69, 9.17) is 18.9 Å². The van der Waals surface area contributed by atoms with Crippen LogP contribution in [0.25, 0.3) is 0 Å². The summed E-state index contributed by atoms with van der Waals surface area (Å²) in [5.41, 5.74) is -14.0. The van der Waals surface area contributed by atoms with E-state index in [1.54, 1.807) is 0 Å². The van der Waals surface area contributed by atoms with Crippen LogP contribution in [0.3, 0.4) is 0 Å². The Kier molecular flexibility index (Phi) is 26.6. The molecule has 16 N–H and O–H groups in total. The second kappa shape index (κ2) is 37.7. The van der Waals surface area contributed by atoms with Gasteiger partial charge in [-0.2, -0.15) is 0 Å². The number of ketones is 1. The summed E-state index contributed by atoms with van der Waals surface area (Å²) in [6, 6.07) is 26.9. The van der Waals surface area contributed by atoms with Gasteiger partial charge >= 0.3 is 47.8 Å². The Labute approximate surface area is 684 Å². The first-order chi connectivity index (χ1) is 58.4. The van der Waals surface area contributed by atoms with Crippen LogP contribution >= 0.6 is 0 Å². The molecule has 0 saturated heterocycles. The van der Waals surface area contributed by atoms with Crippen LogP contribution in [0, 0.1) is 0 Å². The van der Waals surface area contributed by atoms with Gasteiger partial charge in [0.25, 0.3) is 73.1 Å². The first-order valence-electron chi connectivity index (χ1n) is 34.2. The van der Waals surface area contributed by atoms with Crippen LogP contribution in [-0.2, 0) is 25.6 Å². The number of hydrogen-bond acceptors (Lipinski definition) is 25. The van der Waals surface area contributed by atoms with Crippen molar-refractivity contribution in [3.63, 3.8) is 0 Å². The number of anilines is 8. The van der Waals surface area contributed by atoms with Crippen LogP contribution in [0.15, 0.2) is 182 Å². The van der Waals surface area contributed by atoms with Gasteiger partial charge in [-0.3, -0.25) is 62.3 Å². The molecule has 0 unspecified atom stereocenters. The number of Topliss-reactive ketones (excluding diaryl/α,β-unsaturated/α-hetero) is 1. The molecule has 0 aliphatic rings. The zero-order valence-corrected chi connectivity index (χ0v) is 61.6. The van der Waals surface area contributed by atoms with E-state index in [9.17, 15) is 127 Å². The summed E-state index contributed by atoms with van der Waals surface area (Å²) in [7, 11) is 0. The van der Waals surface area contributed by atoms with E-state index < -0.39 is 248 Å². The molecule has 8 amide bonds. The number of benzene rings is 10. The van der Waals surface area contributed by atoms with Crippen LogP contribution in [0.2, 0.25) is 0 Å². The fourth-order valence-electron chi connectivity index (χ4n) is 11.5. The predicted octanol–water partition coefficient (Wildman–Crippen LogP) is 8.86. The van der Waals surface area contributed by atoms with Gasteiger partial charge in [-0.05, 0) is 163 Å². The molecule has 0 saturated carbocycles. The Morgan fingerprint density at radius 2 is 0.341 bits per heavy atom. The van der Waals surface area contributed by atoms with Gasteiger partial charge in [0, 0.05) is 126 Å². The van der Waals surface area contributed by atoms with Gasteiger partial charge in [-0.25, -0.2) is 38.4 Å². The number of amides is 8. The van der Waals surface area contributed by atoms with Crippen LogP contribution < -0.4 is 61.5 Å². The summed E-state index contributed by atoms with van der Waals surface area (Å²) in [6.07, 6.45) is -0.987. The zero-order valence-electron chi connectivity index (χ0n) is 61.6. The number of carbonyl (C=O) groups excluding carboxylic acids is 13. The van der Waals surface area contributed by atoms with Crippen molar-refractivity contribution in [2.75, 3.05) is 42.5 Å². The molecule has 41 nitrogen and oxygen atoms in total. The summed E-state index contributed by atoms with van der Waals surface area (Å²) < 4.78 is 19.3. The first kappa shape index (κ1) is 86.7. The molecule has 0 fully saturated rings. The molecule has 41 heteroatoms. The molecule has 0 bridgehead atoms. The van der Waals surface area contributed by atoms with Gasteiger partial charge in [0.2, 0.25) is 0 Å². The van der Waals surface area contributed by atoms with Crippen molar-refractivity contribution in [1.82, 2.24) is 0 Å². The highest BCUT2D eigenvalue weighted by molar-refractivity contribution is 6.17. The van der Waals surface area contributed by atoms with Crippen LogP contribution in [0.4, 0.5) is 45.5 Å². The monoisotopic (exact) mass is 1680 g/mol. The van der Waals surface area contributed by atoms with E-state index in [0.29, 0.717) is 0 Å². The van der Waals surface area contributed by atoms with Crippen LogP contribution in [0.5, 0.6) is 23.0 Å². The normalized spacial score (nSPS) is 10.4. The maximum Gasteiger partial charge on any atom is 0.335 e. The Bertz CT molecular complexity index is 5870.